The van der Waals surface area contributed by atoms with E-state index in [4.69, 9.17) is 9.47 Å². The summed E-state index contributed by atoms with van der Waals surface area (Å²) < 4.78 is 11.4. The van der Waals surface area contributed by atoms with E-state index in [1.165, 1.54) is 11.8 Å². The molecule has 1 atom stereocenters. The van der Waals surface area contributed by atoms with Crippen LogP contribution in [0.3, 0.4) is 0 Å². The Morgan fingerprint density at radius 2 is 2.07 bits per heavy atom. The normalized spacial score (nSPS) is 15.7. The summed E-state index contributed by atoms with van der Waals surface area (Å²) in [7, 11) is 1.57. The predicted molar refractivity (Wildman–Crippen MR) is 110 cm³/mol. The van der Waals surface area contributed by atoms with Crippen LogP contribution in [0.4, 0.5) is 5.82 Å². The van der Waals surface area contributed by atoms with E-state index in [0.29, 0.717) is 34.6 Å². The molecular weight excluding hydrogens is 378 g/mol. The molecule has 0 spiro atoms. The van der Waals surface area contributed by atoms with Crippen LogP contribution in [0.5, 0.6) is 11.5 Å². The molecule has 0 radical (unpaired) electrons. The van der Waals surface area contributed by atoms with Gasteiger partial charge in [0.05, 0.1) is 19.3 Å². The van der Waals surface area contributed by atoms with Gasteiger partial charge in [0.15, 0.2) is 16.7 Å². The van der Waals surface area contributed by atoms with Gasteiger partial charge < -0.3 is 19.8 Å². The monoisotopic (exact) mass is 403 g/mol. The Hall–Kier alpha value is -2.48. The first-order chi connectivity index (χ1) is 13.6. The van der Waals surface area contributed by atoms with Crippen LogP contribution in [0.15, 0.2) is 28.2 Å². The molecule has 2 heterocycles. The number of carbonyl (C=O) groups excluding carboxylic acids is 1. The third-order valence-electron chi connectivity index (χ3n) is 4.43. The van der Waals surface area contributed by atoms with E-state index in [-0.39, 0.29) is 17.9 Å². The van der Waals surface area contributed by atoms with Crippen LogP contribution in [0, 0.1) is 0 Å². The van der Waals surface area contributed by atoms with E-state index in [1.807, 2.05) is 25.1 Å². The number of benzene rings is 1. The molecule has 0 saturated heterocycles. The number of ether oxygens (including phenoxy) is 2. The Kier molecular flexibility index (Phi) is 6.61. The average Bonchev–Trinajstić information content (AvgIpc) is 2.69. The Labute approximate surface area is 168 Å². The third kappa shape index (κ3) is 4.16. The SMILES string of the molecule is CCCOc1c(OC)cccc1[C@@H]1CC(=O)Nc2nc(SCCC)[nH]c(=O)c21. The molecule has 7 nitrogen and oxygen atoms in total. The van der Waals surface area contributed by atoms with Crippen molar-refractivity contribution in [2.75, 3.05) is 24.8 Å². The van der Waals surface area contributed by atoms with Gasteiger partial charge in [0.1, 0.15) is 5.82 Å². The number of anilines is 1. The topological polar surface area (TPSA) is 93.3 Å². The molecule has 3 rings (SSSR count). The van der Waals surface area contributed by atoms with Gasteiger partial charge in [-0.25, -0.2) is 4.98 Å². The number of carbonyl (C=O) groups is 1. The van der Waals surface area contributed by atoms with Gasteiger partial charge >= 0.3 is 0 Å². The number of hydrogen-bond acceptors (Lipinski definition) is 6. The van der Waals surface area contributed by atoms with Crippen LogP contribution in [-0.4, -0.2) is 35.3 Å². The van der Waals surface area contributed by atoms with Crippen molar-refractivity contribution in [2.45, 2.75) is 44.2 Å². The zero-order chi connectivity index (χ0) is 20.1. The number of rotatable bonds is 8. The minimum absolute atomic E-state index is 0.148. The minimum Gasteiger partial charge on any atom is -0.493 e. The number of H-pyrrole nitrogens is 1. The van der Waals surface area contributed by atoms with Crippen LogP contribution in [0.1, 0.15) is 50.2 Å². The maximum absolute atomic E-state index is 12.9. The van der Waals surface area contributed by atoms with Gasteiger partial charge in [0, 0.05) is 23.7 Å². The molecule has 1 aromatic carbocycles. The number of para-hydroxylation sites is 1. The molecule has 1 aliphatic rings. The fourth-order valence-electron chi connectivity index (χ4n) is 3.21. The highest BCUT2D eigenvalue weighted by atomic mass is 32.2. The summed E-state index contributed by atoms with van der Waals surface area (Å²) in [5.41, 5.74) is 0.970. The van der Waals surface area contributed by atoms with Crippen LogP contribution < -0.4 is 20.3 Å². The van der Waals surface area contributed by atoms with Gasteiger partial charge in [-0.1, -0.05) is 37.7 Å². The molecule has 150 valence electrons. The largest absolute Gasteiger partial charge is 0.493 e. The lowest BCUT2D eigenvalue weighted by molar-refractivity contribution is -0.116. The number of fused-ring (bicyclic) bond motifs is 1. The van der Waals surface area contributed by atoms with Gasteiger partial charge in [0.25, 0.3) is 5.56 Å². The molecule has 0 aliphatic carbocycles. The van der Waals surface area contributed by atoms with Crippen molar-refractivity contribution in [1.29, 1.82) is 0 Å². The van der Waals surface area contributed by atoms with E-state index in [0.717, 1.165) is 24.2 Å². The van der Waals surface area contributed by atoms with Crippen molar-refractivity contribution < 1.29 is 14.3 Å². The summed E-state index contributed by atoms with van der Waals surface area (Å²) in [5, 5.41) is 3.27. The van der Waals surface area contributed by atoms with E-state index in [9.17, 15) is 9.59 Å². The Morgan fingerprint density at radius 1 is 1.25 bits per heavy atom. The number of thioether (sulfide) groups is 1. The maximum atomic E-state index is 12.9. The molecule has 1 aromatic heterocycles. The molecule has 2 aromatic rings. The smallest absolute Gasteiger partial charge is 0.257 e. The second-order valence-electron chi connectivity index (χ2n) is 6.51. The van der Waals surface area contributed by atoms with Crippen LogP contribution in [0.25, 0.3) is 0 Å². The highest BCUT2D eigenvalue weighted by Gasteiger charge is 2.33. The van der Waals surface area contributed by atoms with Crippen LogP contribution >= 0.6 is 11.8 Å². The molecule has 2 N–H and O–H groups in total. The quantitative estimate of drug-likeness (QED) is 0.517. The fraction of sp³-hybridized carbons (Fsp3) is 0.450. The number of aromatic amines is 1. The van der Waals surface area contributed by atoms with Gasteiger partial charge in [-0.2, -0.15) is 0 Å². The Balaban J connectivity index is 2.10. The predicted octanol–water partition coefficient (Wildman–Crippen LogP) is 3.54. The van der Waals surface area contributed by atoms with Crippen molar-refractivity contribution >= 4 is 23.5 Å². The second kappa shape index (κ2) is 9.14. The summed E-state index contributed by atoms with van der Waals surface area (Å²) >= 11 is 1.46. The molecular formula is C20H25N3O4S. The molecule has 8 heteroatoms. The van der Waals surface area contributed by atoms with E-state index in [2.05, 4.69) is 22.2 Å². The van der Waals surface area contributed by atoms with E-state index >= 15 is 0 Å². The lowest BCUT2D eigenvalue weighted by Gasteiger charge is -2.26. The van der Waals surface area contributed by atoms with E-state index in [1.54, 1.807) is 7.11 Å². The number of hydrogen-bond donors (Lipinski definition) is 2. The fourth-order valence-corrected chi connectivity index (χ4v) is 3.93. The van der Waals surface area contributed by atoms with Gasteiger partial charge in [0.2, 0.25) is 5.91 Å². The Bertz CT molecular complexity index is 913. The first-order valence-corrected chi connectivity index (χ1v) is 10.4. The molecule has 0 unspecified atom stereocenters. The average molecular weight is 404 g/mol. The lowest BCUT2D eigenvalue weighted by Crippen LogP contribution is -2.31. The van der Waals surface area contributed by atoms with Crippen molar-refractivity contribution in [2.24, 2.45) is 0 Å². The molecule has 0 fully saturated rings. The Morgan fingerprint density at radius 3 is 2.79 bits per heavy atom. The maximum Gasteiger partial charge on any atom is 0.257 e. The minimum atomic E-state index is -0.452. The van der Waals surface area contributed by atoms with Gasteiger partial charge in [-0.05, 0) is 18.9 Å². The number of nitrogens with zero attached hydrogens (tertiary/aromatic N) is 1. The number of methoxy groups -OCH3 is 1. The van der Waals surface area contributed by atoms with Crippen molar-refractivity contribution in [1.82, 2.24) is 9.97 Å². The van der Waals surface area contributed by atoms with Gasteiger partial charge in [-0.15, -0.1) is 0 Å². The van der Waals surface area contributed by atoms with E-state index < -0.39 is 5.92 Å². The molecule has 0 saturated carbocycles. The first kappa shape index (κ1) is 20.3. The van der Waals surface area contributed by atoms with Crippen LogP contribution in [-0.2, 0) is 4.79 Å². The number of amides is 1. The number of nitrogens with one attached hydrogen (secondary N) is 2. The highest BCUT2D eigenvalue weighted by molar-refractivity contribution is 7.99. The standard InChI is InChI=1S/C20H25N3O4S/c1-4-9-27-17-12(7-6-8-14(17)26-3)13-11-15(24)21-18-16(13)19(25)23-20(22-18)28-10-5-2/h6-8,13H,4-5,9-11H2,1-3H3,(H2,21,22,23,24,25)/t13-/m0/s1. The zero-order valence-electron chi connectivity index (χ0n) is 16.3. The summed E-state index contributed by atoms with van der Waals surface area (Å²) in [6.45, 7) is 4.59. The summed E-state index contributed by atoms with van der Waals surface area (Å²) in [4.78, 5) is 32.6. The van der Waals surface area contributed by atoms with Crippen molar-refractivity contribution in [3.8, 4) is 11.5 Å². The molecule has 0 bridgehead atoms. The zero-order valence-corrected chi connectivity index (χ0v) is 17.1. The van der Waals surface area contributed by atoms with Crippen molar-refractivity contribution in [3.05, 3.63) is 39.7 Å². The van der Waals surface area contributed by atoms with Crippen LogP contribution in [0.2, 0.25) is 0 Å². The highest BCUT2D eigenvalue weighted by Crippen LogP contribution is 2.42. The molecule has 1 amide bonds. The summed E-state index contributed by atoms with van der Waals surface area (Å²) in [5.74, 6) is 1.69. The third-order valence-corrected chi connectivity index (χ3v) is 5.51. The second-order valence-corrected chi connectivity index (χ2v) is 7.60. The number of aromatic nitrogens is 2. The summed E-state index contributed by atoms with van der Waals surface area (Å²) in [6.07, 6.45) is 1.94. The lowest BCUT2D eigenvalue weighted by atomic mass is 9.86. The molecule has 28 heavy (non-hydrogen) atoms. The van der Waals surface area contributed by atoms with Crippen molar-refractivity contribution in [3.63, 3.8) is 0 Å². The summed E-state index contributed by atoms with van der Waals surface area (Å²) in [6, 6.07) is 5.53. The van der Waals surface area contributed by atoms with Gasteiger partial charge in [-0.3, -0.25) is 9.59 Å². The molecule has 1 aliphatic heterocycles. The first-order valence-electron chi connectivity index (χ1n) is 9.45.